The van der Waals surface area contributed by atoms with Gasteiger partial charge in [-0.1, -0.05) is 41.4 Å². The highest BCUT2D eigenvalue weighted by atomic mass is 35.5. The van der Waals surface area contributed by atoms with Gasteiger partial charge in [-0.3, -0.25) is 0 Å². The Morgan fingerprint density at radius 1 is 1.13 bits per heavy atom. The fraction of sp³-hybridized carbons (Fsp3) is 0.278. The Hall–Kier alpha value is -1.55. The molecule has 5 heteroatoms. The first kappa shape index (κ1) is 17.8. The van der Waals surface area contributed by atoms with Crippen molar-refractivity contribution >= 4 is 29.2 Å². The number of hydrogen-bond donors (Lipinski definition) is 0. The zero-order chi connectivity index (χ0) is 17.0. The Labute approximate surface area is 146 Å². The van der Waals surface area contributed by atoms with Crippen molar-refractivity contribution in [1.82, 2.24) is 4.90 Å². The van der Waals surface area contributed by atoms with Gasteiger partial charge in [0, 0.05) is 22.2 Å². The first-order chi connectivity index (χ1) is 10.9. The molecule has 2 rings (SSSR count). The molecule has 1 unspecified atom stereocenters. The summed E-state index contributed by atoms with van der Waals surface area (Å²) in [6.07, 6.45) is -0.164. The third-order valence-corrected chi connectivity index (χ3v) is 3.84. The van der Waals surface area contributed by atoms with Crippen LogP contribution in [0.15, 0.2) is 42.5 Å². The van der Waals surface area contributed by atoms with E-state index >= 15 is 0 Å². The number of carbonyl (C=O) groups excluding carboxylic acids is 1. The normalized spacial score (nSPS) is 12.3. The maximum atomic E-state index is 12.1. The van der Waals surface area contributed by atoms with Crippen molar-refractivity contribution in [1.29, 1.82) is 0 Å². The van der Waals surface area contributed by atoms with Gasteiger partial charge in [0.2, 0.25) is 0 Å². The smallest absolute Gasteiger partial charge is 0.338 e. The van der Waals surface area contributed by atoms with Gasteiger partial charge in [0.15, 0.2) is 0 Å². The molecule has 23 heavy (non-hydrogen) atoms. The van der Waals surface area contributed by atoms with Crippen LogP contribution < -0.4 is 0 Å². The van der Waals surface area contributed by atoms with Crippen LogP contribution in [0.2, 0.25) is 10.0 Å². The van der Waals surface area contributed by atoms with Crippen LogP contribution in [0.25, 0.3) is 11.1 Å². The number of nitrogens with zero attached hydrogens (tertiary/aromatic N) is 1. The molecule has 0 radical (unpaired) electrons. The van der Waals surface area contributed by atoms with Gasteiger partial charge in [0.1, 0.15) is 6.10 Å². The second kappa shape index (κ2) is 7.82. The van der Waals surface area contributed by atoms with E-state index in [9.17, 15) is 4.79 Å². The summed E-state index contributed by atoms with van der Waals surface area (Å²) < 4.78 is 5.41. The number of carbonyl (C=O) groups is 1. The first-order valence-electron chi connectivity index (χ1n) is 7.28. The summed E-state index contributed by atoms with van der Waals surface area (Å²) in [5, 5.41) is 1.17. The zero-order valence-electron chi connectivity index (χ0n) is 13.3. The lowest BCUT2D eigenvalue weighted by Gasteiger charge is -2.17. The number of hydrogen-bond acceptors (Lipinski definition) is 3. The zero-order valence-corrected chi connectivity index (χ0v) is 14.9. The predicted octanol–water partition coefficient (Wildman–Crippen LogP) is 4.77. The quantitative estimate of drug-likeness (QED) is 0.726. The minimum absolute atomic E-state index is 0.164. The van der Waals surface area contributed by atoms with Crippen LogP contribution in [0.4, 0.5) is 0 Å². The number of esters is 1. The number of benzene rings is 2. The van der Waals surface area contributed by atoms with Gasteiger partial charge >= 0.3 is 5.97 Å². The van der Waals surface area contributed by atoms with Crippen LogP contribution in [0, 0.1) is 0 Å². The summed E-state index contributed by atoms with van der Waals surface area (Å²) in [6.45, 7) is 2.56. The molecule has 0 aromatic heterocycles. The van der Waals surface area contributed by atoms with Crippen molar-refractivity contribution in [2.45, 2.75) is 13.0 Å². The van der Waals surface area contributed by atoms with Gasteiger partial charge in [0.05, 0.1) is 5.56 Å². The lowest BCUT2D eigenvalue weighted by atomic mass is 10.0. The molecule has 2 aromatic carbocycles. The van der Waals surface area contributed by atoms with E-state index in [2.05, 4.69) is 0 Å². The van der Waals surface area contributed by atoms with Crippen molar-refractivity contribution in [3.8, 4) is 11.1 Å². The maximum absolute atomic E-state index is 12.1. The van der Waals surface area contributed by atoms with Crippen LogP contribution in [0.3, 0.4) is 0 Å². The molecule has 1 atom stereocenters. The molecule has 0 bridgehead atoms. The van der Waals surface area contributed by atoms with E-state index in [0.29, 0.717) is 22.2 Å². The molecule has 2 aromatic rings. The second-order valence-corrected chi connectivity index (χ2v) is 6.52. The summed E-state index contributed by atoms with van der Waals surface area (Å²) in [7, 11) is 3.88. The van der Waals surface area contributed by atoms with Crippen LogP contribution in [-0.4, -0.2) is 37.6 Å². The third kappa shape index (κ3) is 4.96. The lowest BCUT2D eigenvalue weighted by Crippen LogP contribution is -2.28. The van der Waals surface area contributed by atoms with Gasteiger partial charge in [-0.2, -0.15) is 0 Å². The highest BCUT2D eigenvalue weighted by Crippen LogP contribution is 2.30. The van der Waals surface area contributed by atoms with E-state index in [4.69, 9.17) is 27.9 Å². The Bertz CT molecular complexity index is 684. The van der Waals surface area contributed by atoms with E-state index in [1.807, 2.05) is 44.1 Å². The molecule has 0 amide bonds. The highest BCUT2D eigenvalue weighted by molar-refractivity contribution is 6.36. The Morgan fingerprint density at radius 2 is 1.78 bits per heavy atom. The number of halogens is 2. The molecule has 0 spiro atoms. The number of ether oxygens (including phenoxy) is 1. The molecule has 0 saturated heterocycles. The van der Waals surface area contributed by atoms with Crippen molar-refractivity contribution in [3.05, 3.63) is 58.1 Å². The fourth-order valence-corrected chi connectivity index (χ4v) is 2.83. The average Bonchev–Trinajstić information content (AvgIpc) is 2.46. The topological polar surface area (TPSA) is 29.5 Å². The number of likely N-dealkylation sites (N-methyl/N-ethyl adjacent to an activating group) is 1. The molecule has 122 valence electrons. The summed E-state index contributed by atoms with van der Waals surface area (Å²) in [5.74, 6) is -0.326. The van der Waals surface area contributed by atoms with Crippen molar-refractivity contribution in [2.24, 2.45) is 0 Å². The molecule has 0 aliphatic rings. The van der Waals surface area contributed by atoms with Crippen LogP contribution in [0.5, 0.6) is 0 Å². The van der Waals surface area contributed by atoms with Gasteiger partial charge in [-0.05, 0) is 50.8 Å². The monoisotopic (exact) mass is 351 g/mol. The summed E-state index contributed by atoms with van der Waals surface area (Å²) in [4.78, 5) is 14.1. The van der Waals surface area contributed by atoms with Gasteiger partial charge in [-0.25, -0.2) is 4.79 Å². The van der Waals surface area contributed by atoms with Gasteiger partial charge in [0.25, 0.3) is 0 Å². The van der Waals surface area contributed by atoms with E-state index in [0.717, 1.165) is 11.1 Å². The highest BCUT2D eigenvalue weighted by Gasteiger charge is 2.13. The minimum atomic E-state index is -0.326. The third-order valence-electron chi connectivity index (χ3n) is 3.29. The molecule has 0 N–H and O–H groups in total. The van der Waals surface area contributed by atoms with Crippen molar-refractivity contribution < 1.29 is 9.53 Å². The first-order valence-corrected chi connectivity index (χ1v) is 8.03. The SMILES string of the molecule is CC(CN(C)C)OC(=O)c1ccc(-c2ccc(Cl)cc2Cl)cc1. The molecule has 0 heterocycles. The van der Waals surface area contributed by atoms with Crippen molar-refractivity contribution in [3.63, 3.8) is 0 Å². The van der Waals surface area contributed by atoms with E-state index in [1.165, 1.54) is 0 Å². The van der Waals surface area contributed by atoms with E-state index in [-0.39, 0.29) is 12.1 Å². The maximum Gasteiger partial charge on any atom is 0.338 e. The molecular weight excluding hydrogens is 333 g/mol. The van der Waals surface area contributed by atoms with Crippen LogP contribution in [-0.2, 0) is 4.74 Å². The van der Waals surface area contributed by atoms with Crippen LogP contribution >= 0.6 is 23.2 Å². The van der Waals surface area contributed by atoms with E-state index in [1.54, 1.807) is 24.3 Å². The molecule has 0 aliphatic carbocycles. The Kier molecular flexibility index (Phi) is 6.05. The standard InChI is InChI=1S/C18H19Cl2NO2/c1-12(11-21(2)3)23-18(22)14-6-4-13(5-7-14)16-9-8-15(19)10-17(16)20/h4-10,12H,11H2,1-3H3. The molecule has 0 saturated carbocycles. The molecule has 0 aliphatic heterocycles. The largest absolute Gasteiger partial charge is 0.458 e. The minimum Gasteiger partial charge on any atom is -0.458 e. The lowest BCUT2D eigenvalue weighted by molar-refractivity contribution is 0.0289. The summed E-state index contributed by atoms with van der Waals surface area (Å²) in [6, 6.07) is 12.5. The number of rotatable bonds is 5. The summed E-state index contributed by atoms with van der Waals surface area (Å²) in [5.41, 5.74) is 2.31. The molecule has 3 nitrogen and oxygen atoms in total. The predicted molar refractivity (Wildman–Crippen MR) is 95.3 cm³/mol. The van der Waals surface area contributed by atoms with Gasteiger partial charge in [-0.15, -0.1) is 0 Å². The Morgan fingerprint density at radius 3 is 2.35 bits per heavy atom. The van der Waals surface area contributed by atoms with Crippen molar-refractivity contribution in [2.75, 3.05) is 20.6 Å². The molecular formula is C18H19Cl2NO2. The van der Waals surface area contributed by atoms with Crippen LogP contribution in [0.1, 0.15) is 17.3 Å². The average molecular weight is 352 g/mol. The summed E-state index contributed by atoms with van der Waals surface area (Å²) >= 11 is 12.1. The van der Waals surface area contributed by atoms with E-state index < -0.39 is 0 Å². The second-order valence-electron chi connectivity index (χ2n) is 5.68. The molecule has 0 fully saturated rings. The Balaban J connectivity index is 2.11. The van der Waals surface area contributed by atoms with Gasteiger partial charge < -0.3 is 9.64 Å². The fourth-order valence-electron chi connectivity index (χ4n) is 2.31.